The maximum atomic E-state index is 12.8. The average Bonchev–Trinajstić information content (AvgIpc) is 2.63. The largest absolute Gasteiger partial charge is 0.492 e. The van der Waals surface area contributed by atoms with Crippen LogP contribution in [0.25, 0.3) is 5.69 Å². The Labute approximate surface area is 107 Å². The van der Waals surface area contributed by atoms with Crippen LogP contribution in [0.2, 0.25) is 0 Å². The van der Waals surface area contributed by atoms with Gasteiger partial charge in [-0.25, -0.2) is 14.2 Å². The highest BCUT2D eigenvalue weighted by atomic mass is 19.1. The van der Waals surface area contributed by atoms with E-state index in [4.69, 9.17) is 5.11 Å². The molecule has 0 spiro atoms. The number of carbonyl (C=O) groups is 1. The quantitative estimate of drug-likeness (QED) is 0.827. The lowest BCUT2D eigenvalue weighted by atomic mass is 10.3. The van der Waals surface area contributed by atoms with Gasteiger partial charge in [-0.2, -0.15) is 9.78 Å². The summed E-state index contributed by atoms with van der Waals surface area (Å²) in [4.78, 5) is 14.0. The fraction of sp³-hybridized carbons (Fsp3) is 0.0833. The number of halogens is 1. The van der Waals surface area contributed by atoms with Crippen molar-refractivity contribution in [2.45, 2.75) is 6.92 Å². The molecule has 0 bridgehead atoms. The fourth-order valence-electron chi connectivity index (χ4n) is 1.54. The van der Waals surface area contributed by atoms with E-state index in [2.05, 4.69) is 10.1 Å². The summed E-state index contributed by atoms with van der Waals surface area (Å²) in [5.74, 6) is -1.94. The van der Waals surface area contributed by atoms with E-state index in [0.717, 1.165) is 4.68 Å². The molecule has 6 nitrogen and oxygen atoms in total. The number of carboxylic acid groups (broad SMARTS) is 1. The van der Waals surface area contributed by atoms with Crippen molar-refractivity contribution in [2.75, 3.05) is 0 Å². The van der Waals surface area contributed by atoms with Gasteiger partial charge in [0, 0.05) is 0 Å². The molecule has 0 amide bonds. The third-order valence-electron chi connectivity index (χ3n) is 2.38. The summed E-state index contributed by atoms with van der Waals surface area (Å²) in [6, 6.07) is 5.33. The van der Waals surface area contributed by atoms with Crippen LogP contribution in [-0.2, 0) is 4.79 Å². The minimum atomic E-state index is -1.23. The first-order valence-electron chi connectivity index (χ1n) is 5.30. The molecule has 7 heteroatoms. The van der Waals surface area contributed by atoms with Crippen LogP contribution >= 0.6 is 0 Å². The molecule has 0 radical (unpaired) electrons. The van der Waals surface area contributed by atoms with Gasteiger partial charge in [-0.05, 0) is 31.2 Å². The molecule has 0 saturated heterocycles. The molecule has 2 N–H and O–H groups in total. The molecule has 0 aliphatic carbocycles. The number of rotatable bonds is 3. The zero-order valence-electron chi connectivity index (χ0n) is 9.91. The SMILES string of the molecule is Cc1nn(-c2ccc(F)cc2)c(O)c1/N=C/C(=O)O. The van der Waals surface area contributed by atoms with E-state index in [1.807, 2.05) is 0 Å². The number of aromatic nitrogens is 2. The van der Waals surface area contributed by atoms with Gasteiger partial charge in [-0.15, -0.1) is 0 Å². The minimum absolute atomic E-state index is 0.0618. The lowest BCUT2D eigenvalue weighted by molar-refractivity contribution is -0.128. The standard InChI is InChI=1S/C12H10FN3O3/c1-7-11(14-6-10(17)18)12(19)16(15-7)9-4-2-8(13)3-5-9/h2-6,19H,1H3,(H,17,18)/b14-6+. The van der Waals surface area contributed by atoms with Gasteiger partial charge in [0.2, 0.25) is 5.88 Å². The molecule has 2 aromatic rings. The van der Waals surface area contributed by atoms with E-state index in [0.29, 0.717) is 17.6 Å². The van der Waals surface area contributed by atoms with Crippen molar-refractivity contribution in [2.24, 2.45) is 4.99 Å². The van der Waals surface area contributed by atoms with Crippen LogP contribution in [0.3, 0.4) is 0 Å². The topological polar surface area (TPSA) is 87.7 Å². The molecule has 1 aromatic carbocycles. The minimum Gasteiger partial charge on any atom is -0.492 e. The lowest BCUT2D eigenvalue weighted by Crippen LogP contribution is -1.96. The van der Waals surface area contributed by atoms with Crippen LogP contribution in [0, 0.1) is 12.7 Å². The first-order chi connectivity index (χ1) is 8.99. The van der Waals surface area contributed by atoms with E-state index >= 15 is 0 Å². The number of hydrogen-bond acceptors (Lipinski definition) is 4. The van der Waals surface area contributed by atoms with Crippen molar-refractivity contribution in [1.29, 1.82) is 0 Å². The van der Waals surface area contributed by atoms with Crippen LogP contribution < -0.4 is 0 Å². The van der Waals surface area contributed by atoms with Crippen molar-refractivity contribution < 1.29 is 19.4 Å². The number of carboxylic acids is 1. The van der Waals surface area contributed by atoms with E-state index in [1.54, 1.807) is 6.92 Å². The number of benzene rings is 1. The fourth-order valence-corrected chi connectivity index (χ4v) is 1.54. The number of hydrogen-bond donors (Lipinski definition) is 2. The Morgan fingerprint density at radius 1 is 1.42 bits per heavy atom. The highest BCUT2D eigenvalue weighted by Gasteiger charge is 2.14. The number of aliphatic carboxylic acids is 1. The molecule has 2 rings (SSSR count). The molecule has 1 heterocycles. The monoisotopic (exact) mass is 263 g/mol. The summed E-state index contributed by atoms with van der Waals surface area (Å²) in [7, 11) is 0. The normalized spacial score (nSPS) is 11.1. The summed E-state index contributed by atoms with van der Waals surface area (Å²) in [6.07, 6.45) is 0.665. The molecule has 98 valence electrons. The van der Waals surface area contributed by atoms with E-state index in [9.17, 15) is 14.3 Å². The second kappa shape index (κ2) is 4.89. The second-order valence-electron chi connectivity index (χ2n) is 3.74. The van der Waals surface area contributed by atoms with Crippen LogP contribution in [0.4, 0.5) is 10.1 Å². The molecule has 0 atom stereocenters. The molecule has 19 heavy (non-hydrogen) atoms. The number of aromatic hydroxyl groups is 1. The van der Waals surface area contributed by atoms with Gasteiger partial charge in [0.05, 0.1) is 11.4 Å². The van der Waals surface area contributed by atoms with Crippen molar-refractivity contribution in [3.8, 4) is 11.6 Å². The molecule has 0 fully saturated rings. The summed E-state index contributed by atoms with van der Waals surface area (Å²) >= 11 is 0. The van der Waals surface area contributed by atoms with Gasteiger partial charge in [0.25, 0.3) is 0 Å². The van der Waals surface area contributed by atoms with Crippen LogP contribution in [0.1, 0.15) is 5.69 Å². The van der Waals surface area contributed by atoms with Gasteiger partial charge in [-0.3, -0.25) is 0 Å². The summed E-state index contributed by atoms with van der Waals surface area (Å²) in [5, 5.41) is 22.5. The van der Waals surface area contributed by atoms with Crippen LogP contribution in [0.15, 0.2) is 29.3 Å². The first-order valence-corrected chi connectivity index (χ1v) is 5.30. The van der Waals surface area contributed by atoms with Gasteiger partial charge >= 0.3 is 5.97 Å². The van der Waals surface area contributed by atoms with Crippen LogP contribution in [0.5, 0.6) is 5.88 Å². The Kier molecular flexibility index (Phi) is 3.28. The third-order valence-corrected chi connectivity index (χ3v) is 2.38. The average molecular weight is 263 g/mol. The van der Waals surface area contributed by atoms with E-state index in [-0.39, 0.29) is 11.6 Å². The third kappa shape index (κ3) is 2.59. The summed E-state index contributed by atoms with van der Waals surface area (Å²) in [5.41, 5.74) is 0.866. The molecular weight excluding hydrogens is 253 g/mol. The predicted octanol–water partition coefficient (Wildman–Crippen LogP) is 1.81. The lowest BCUT2D eigenvalue weighted by Gasteiger charge is -2.02. The molecular formula is C12H10FN3O3. The summed E-state index contributed by atoms with van der Waals surface area (Å²) < 4.78 is 14.0. The maximum Gasteiger partial charge on any atom is 0.346 e. The Hall–Kier alpha value is -2.70. The zero-order valence-corrected chi connectivity index (χ0v) is 9.91. The highest BCUT2D eigenvalue weighted by Crippen LogP contribution is 2.31. The Morgan fingerprint density at radius 3 is 2.63 bits per heavy atom. The van der Waals surface area contributed by atoms with Crippen molar-refractivity contribution >= 4 is 17.9 Å². The molecule has 0 saturated carbocycles. The first kappa shape index (κ1) is 12.7. The molecule has 0 unspecified atom stereocenters. The van der Waals surface area contributed by atoms with Gasteiger partial charge in [0.1, 0.15) is 17.7 Å². The highest BCUT2D eigenvalue weighted by molar-refractivity contribution is 6.22. The van der Waals surface area contributed by atoms with Crippen molar-refractivity contribution in [1.82, 2.24) is 9.78 Å². The number of aliphatic imine (C=N–C) groups is 1. The van der Waals surface area contributed by atoms with Gasteiger partial charge in [-0.1, -0.05) is 0 Å². The second-order valence-corrected chi connectivity index (χ2v) is 3.74. The van der Waals surface area contributed by atoms with Gasteiger partial charge in [0.15, 0.2) is 0 Å². The molecule has 0 aliphatic heterocycles. The smallest absolute Gasteiger partial charge is 0.346 e. The van der Waals surface area contributed by atoms with E-state index < -0.39 is 11.8 Å². The molecule has 0 aliphatic rings. The Bertz CT molecular complexity index is 647. The van der Waals surface area contributed by atoms with Crippen molar-refractivity contribution in [3.05, 3.63) is 35.8 Å². The molecule has 1 aromatic heterocycles. The predicted molar refractivity (Wildman–Crippen MR) is 65.7 cm³/mol. The number of aryl methyl sites for hydroxylation is 1. The Morgan fingerprint density at radius 2 is 2.05 bits per heavy atom. The maximum absolute atomic E-state index is 12.8. The number of nitrogens with zero attached hydrogens (tertiary/aromatic N) is 3. The van der Waals surface area contributed by atoms with E-state index in [1.165, 1.54) is 24.3 Å². The van der Waals surface area contributed by atoms with Crippen molar-refractivity contribution in [3.63, 3.8) is 0 Å². The van der Waals surface area contributed by atoms with Gasteiger partial charge < -0.3 is 10.2 Å². The van der Waals surface area contributed by atoms with Crippen LogP contribution in [-0.4, -0.2) is 32.2 Å². The summed E-state index contributed by atoms with van der Waals surface area (Å²) in [6.45, 7) is 1.58. The Balaban J connectivity index is 2.46. The zero-order chi connectivity index (χ0) is 14.0.